The van der Waals surface area contributed by atoms with Gasteiger partial charge >= 0.3 is 0 Å². The monoisotopic (exact) mass is 301 g/mol. The Kier molecular flexibility index (Phi) is 4.29. The number of para-hydroxylation sites is 2. The smallest absolute Gasteiger partial charge is 0.152 e. The second kappa shape index (κ2) is 6.71. The molecule has 3 rings (SSSR count). The summed E-state index contributed by atoms with van der Waals surface area (Å²) in [6.45, 7) is 0. The molecule has 0 saturated carbocycles. The van der Waals surface area contributed by atoms with Crippen LogP contribution < -0.4 is 4.90 Å². The molecule has 0 aliphatic carbocycles. The van der Waals surface area contributed by atoms with Crippen molar-refractivity contribution in [1.82, 2.24) is 0 Å². The molecule has 0 spiro atoms. The molecule has 0 fully saturated rings. The highest BCUT2D eigenvalue weighted by Gasteiger charge is 2.16. The zero-order valence-corrected chi connectivity index (χ0v) is 12.4. The van der Waals surface area contributed by atoms with Gasteiger partial charge in [0.1, 0.15) is 6.29 Å². The number of carbonyl (C=O) groups excluding carboxylic acids is 2. The normalized spacial score (nSPS) is 10.1. The van der Waals surface area contributed by atoms with E-state index >= 15 is 0 Å². The Bertz CT molecular complexity index is 774. The van der Waals surface area contributed by atoms with Crippen molar-refractivity contribution in [1.29, 1.82) is 0 Å². The van der Waals surface area contributed by atoms with Crippen LogP contribution >= 0.6 is 0 Å². The SMILES string of the molecule is O=Cc1ccc(C=O)c(N(c2ccccc2)c2ccccc2)c1. The maximum atomic E-state index is 11.5. The number of hydrogen-bond donors (Lipinski definition) is 0. The molecule has 112 valence electrons. The largest absolute Gasteiger partial charge is 0.310 e. The molecule has 0 unspecified atom stereocenters. The Labute approximate surface area is 134 Å². The number of nitrogens with zero attached hydrogens (tertiary/aromatic N) is 1. The van der Waals surface area contributed by atoms with Gasteiger partial charge in [-0.1, -0.05) is 42.5 Å². The first-order valence-electron chi connectivity index (χ1n) is 7.28. The highest BCUT2D eigenvalue weighted by Crippen LogP contribution is 2.36. The first-order chi connectivity index (χ1) is 11.3. The van der Waals surface area contributed by atoms with E-state index in [4.69, 9.17) is 0 Å². The van der Waals surface area contributed by atoms with E-state index in [0.717, 1.165) is 23.9 Å². The lowest BCUT2D eigenvalue weighted by Crippen LogP contribution is -2.12. The Morgan fingerprint density at radius 3 is 1.70 bits per heavy atom. The van der Waals surface area contributed by atoms with Gasteiger partial charge in [0.05, 0.1) is 5.69 Å². The van der Waals surface area contributed by atoms with Crippen molar-refractivity contribution in [2.45, 2.75) is 0 Å². The molecule has 0 saturated heterocycles. The van der Waals surface area contributed by atoms with Crippen LogP contribution in [0.15, 0.2) is 78.9 Å². The number of aldehydes is 2. The van der Waals surface area contributed by atoms with Crippen LogP contribution in [0, 0.1) is 0 Å². The quantitative estimate of drug-likeness (QED) is 0.636. The summed E-state index contributed by atoms with van der Waals surface area (Å²) < 4.78 is 0. The molecule has 0 aliphatic rings. The molecule has 0 bridgehead atoms. The Balaban J connectivity index is 2.24. The number of benzene rings is 3. The molecule has 0 aromatic heterocycles. The molecule has 3 aromatic rings. The van der Waals surface area contributed by atoms with Crippen molar-refractivity contribution >= 4 is 29.6 Å². The second-order valence-electron chi connectivity index (χ2n) is 5.06. The predicted molar refractivity (Wildman–Crippen MR) is 91.9 cm³/mol. The zero-order chi connectivity index (χ0) is 16.1. The van der Waals surface area contributed by atoms with Gasteiger partial charge in [0, 0.05) is 22.5 Å². The van der Waals surface area contributed by atoms with Crippen LogP contribution in [0.5, 0.6) is 0 Å². The van der Waals surface area contributed by atoms with Crippen LogP contribution in [-0.4, -0.2) is 12.6 Å². The second-order valence-corrected chi connectivity index (χ2v) is 5.06. The Hall–Kier alpha value is -3.20. The zero-order valence-electron chi connectivity index (χ0n) is 12.4. The number of carbonyl (C=O) groups is 2. The molecular weight excluding hydrogens is 286 g/mol. The van der Waals surface area contributed by atoms with Gasteiger partial charge in [0.25, 0.3) is 0 Å². The van der Waals surface area contributed by atoms with Gasteiger partial charge in [-0.05, 0) is 36.4 Å². The van der Waals surface area contributed by atoms with E-state index in [1.165, 1.54) is 0 Å². The average molecular weight is 301 g/mol. The summed E-state index contributed by atoms with van der Waals surface area (Å²) in [4.78, 5) is 24.6. The average Bonchev–Trinajstić information content (AvgIpc) is 2.63. The molecule has 0 radical (unpaired) electrons. The fourth-order valence-electron chi connectivity index (χ4n) is 2.51. The third-order valence-electron chi connectivity index (χ3n) is 3.59. The summed E-state index contributed by atoms with van der Waals surface area (Å²) in [5.41, 5.74) is 3.59. The topological polar surface area (TPSA) is 37.4 Å². The van der Waals surface area contributed by atoms with Crippen molar-refractivity contribution in [3.8, 4) is 0 Å². The van der Waals surface area contributed by atoms with E-state index in [1.807, 2.05) is 65.6 Å². The third-order valence-corrected chi connectivity index (χ3v) is 3.59. The standard InChI is InChI=1S/C20H15NO2/c22-14-16-11-12-17(15-23)20(13-16)21(18-7-3-1-4-8-18)19-9-5-2-6-10-19/h1-15H. The summed E-state index contributed by atoms with van der Waals surface area (Å²) in [6, 6.07) is 24.6. The molecule has 0 heterocycles. The summed E-state index contributed by atoms with van der Waals surface area (Å²) in [5.74, 6) is 0. The van der Waals surface area contributed by atoms with Gasteiger partial charge in [0.2, 0.25) is 0 Å². The first kappa shape index (κ1) is 14.7. The minimum atomic E-state index is 0.530. The summed E-state index contributed by atoms with van der Waals surface area (Å²) in [5, 5.41) is 0. The first-order valence-corrected chi connectivity index (χ1v) is 7.28. The summed E-state index contributed by atoms with van der Waals surface area (Å²) in [7, 11) is 0. The minimum absolute atomic E-state index is 0.530. The van der Waals surface area contributed by atoms with Crippen molar-refractivity contribution in [2.75, 3.05) is 4.90 Å². The molecule has 3 nitrogen and oxygen atoms in total. The van der Waals surface area contributed by atoms with Crippen molar-refractivity contribution in [2.24, 2.45) is 0 Å². The van der Waals surface area contributed by atoms with E-state index < -0.39 is 0 Å². The number of hydrogen-bond acceptors (Lipinski definition) is 3. The molecular formula is C20H15NO2. The van der Waals surface area contributed by atoms with Crippen molar-refractivity contribution in [3.05, 3.63) is 90.0 Å². The molecule has 23 heavy (non-hydrogen) atoms. The predicted octanol–water partition coefficient (Wildman–Crippen LogP) is 4.78. The van der Waals surface area contributed by atoms with E-state index in [-0.39, 0.29) is 0 Å². The highest BCUT2D eigenvalue weighted by atomic mass is 16.1. The van der Waals surface area contributed by atoms with Crippen LogP contribution in [-0.2, 0) is 0 Å². The van der Waals surface area contributed by atoms with E-state index in [2.05, 4.69) is 0 Å². The molecule has 3 heteroatoms. The number of rotatable bonds is 5. The van der Waals surface area contributed by atoms with Gasteiger partial charge in [0.15, 0.2) is 6.29 Å². The molecule has 3 aromatic carbocycles. The van der Waals surface area contributed by atoms with Gasteiger partial charge < -0.3 is 4.90 Å². The van der Waals surface area contributed by atoms with Gasteiger partial charge in [-0.15, -0.1) is 0 Å². The Morgan fingerprint density at radius 1 is 0.652 bits per heavy atom. The van der Waals surface area contributed by atoms with E-state index in [9.17, 15) is 9.59 Å². The molecule has 0 amide bonds. The van der Waals surface area contributed by atoms with Crippen LogP contribution in [0.25, 0.3) is 0 Å². The summed E-state index contributed by atoms with van der Waals surface area (Å²) >= 11 is 0. The maximum absolute atomic E-state index is 11.5. The van der Waals surface area contributed by atoms with Crippen LogP contribution in [0.1, 0.15) is 20.7 Å². The van der Waals surface area contributed by atoms with Crippen molar-refractivity contribution in [3.63, 3.8) is 0 Å². The highest BCUT2D eigenvalue weighted by molar-refractivity contribution is 5.93. The molecule has 0 N–H and O–H groups in total. The van der Waals surface area contributed by atoms with Crippen LogP contribution in [0.3, 0.4) is 0 Å². The van der Waals surface area contributed by atoms with Crippen LogP contribution in [0.2, 0.25) is 0 Å². The lowest BCUT2D eigenvalue weighted by molar-refractivity contribution is 0.111. The molecule has 0 atom stereocenters. The van der Waals surface area contributed by atoms with Gasteiger partial charge in [-0.25, -0.2) is 0 Å². The summed E-state index contributed by atoms with van der Waals surface area (Å²) in [6.07, 6.45) is 1.59. The third kappa shape index (κ3) is 3.04. The van der Waals surface area contributed by atoms with Crippen LogP contribution in [0.4, 0.5) is 17.1 Å². The van der Waals surface area contributed by atoms with E-state index in [1.54, 1.807) is 18.2 Å². The molecule has 0 aliphatic heterocycles. The Morgan fingerprint density at radius 2 is 1.22 bits per heavy atom. The maximum Gasteiger partial charge on any atom is 0.152 e. The lowest BCUT2D eigenvalue weighted by atomic mass is 10.1. The minimum Gasteiger partial charge on any atom is -0.310 e. The van der Waals surface area contributed by atoms with E-state index in [0.29, 0.717) is 16.8 Å². The van der Waals surface area contributed by atoms with Crippen molar-refractivity contribution < 1.29 is 9.59 Å². The van der Waals surface area contributed by atoms with Gasteiger partial charge in [-0.3, -0.25) is 9.59 Å². The fraction of sp³-hybridized carbons (Fsp3) is 0. The fourth-order valence-corrected chi connectivity index (χ4v) is 2.51. The van der Waals surface area contributed by atoms with Gasteiger partial charge in [-0.2, -0.15) is 0 Å². The lowest BCUT2D eigenvalue weighted by Gasteiger charge is -2.26. The number of anilines is 3.